The number of hydrogen-bond acceptors (Lipinski definition) is 0. The molecule has 0 aromatic carbocycles. The molecule has 12 valence electrons. The Hall–Kier alpha value is 2.68. The summed E-state index contributed by atoms with van der Waals surface area (Å²) >= 11 is 0. The molecule has 0 rings (SSSR count). The Bertz CT molecular complexity index is 4.00. The molecule has 0 bridgehead atoms. The summed E-state index contributed by atoms with van der Waals surface area (Å²) in [7, 11) is 0. The first-order valence-corrected chi connectivity index (χ1v) is 0. The van der Waals surface area contributed by atoms with Crippen LogP contribution in [0, 0.1) is 0 Å². The van der Waals surface area contributed by atoms with E-state index in [0.717, 1.165) is 0 Å². The minimum absolute atomic E-state index is 0. The van der Waals surface area contributed by atoms with Crippen molar-refractivity contribution in [2.45, 2.75) is 0 Å². The summed E-state index contributed by atoms with van der Waals surface area (Å²) in [5.41, 5.74) is 0. The van der Waals surface area contributed by atoms with E-state index in [9.17, 15) is 0 Å². The van der Waals surface area contributed by atoms with Gasteiger partial charge in [0.25, 0.3) is 0 Å². The molecule has 0 nitrogen and oxygen atoms in total. The monoisotopic (exact) mass is 224 g/mol. The molecular weight excluding hydrogens is 227 g/mol. The summed E-state index contributed by atoms with van der Waals surface area (Å²) in [6.45, 7) is 0. The van der Waals surface area contributed by atoms with Gasteiger partial charge in [0.15, 0.2) is 0 Å². The summed E-state index contributed by atoms with van der Waals surface area (Å²) in [5.74, 6) is 0. The van der Waals surface area contributed by atoms with Crippen LogP contribution in [-0.4, -0.2) is 0 Å². The molecule has 0 atom stereocenters. The van der Waals surface area contributed by atoms with Gasteiger partial charge in [-0.15, -0.1) is 0 Å². The van der Waals surface area contributed by atoms with Crippen molar-refractivity contribution in [3.8, 4) is 0 Å². The van der Waals surface area contributed by atoms with E-state index in [2.05, 4.69) is 0 Å². The first-order chi connectivity index (χ1) is 0. The van der Waals surface area contributed by atoms with Crippen LogP contribution in [0.4, 0.5) is 0 Å². The summed E-state index contributed by atoms with van der Waals surface area (Å²) in [4.78, 5) is 0. The maximum atomic E-state index is 0. The van der Waals surface area contributed by atoms with Gasteiger partial charge in [0.1, 0.15) is 0 Å². The summed E-state index contributed by atoms with van der Waals surface area (Å²) in [6, 6.07) is 0. The molecule has 0 heterocycles. The van der Waals surface area contributed by atoms with Gasteiger partial charge < -0.3 is 0 Å². The topological polar surface area (TPSA) is 0 Å². The Morgan fingerprint density at radius 3 is 0.500 bits per heavy atom. The molecule has 4 heteroatoms. The predicted molar refractivity (Wildman–Crippen MR) is 0 cm³/mol. The van der Waals surface area contributed by atoms with E-state index in [-0.39, 0.29) is 82.4 Å². The standard InChI is InChI=1S/2Ti.2Zn. The third-order valence-electron chi connectivity index (χ3n) is 0. The molecule has 0 aromatic heterocycles. The molecule has 0 aliphatic rings. The van der Waals surface area contributed by atoms with Gasteiger partial charge in [0.2, 0.25) is 0 Å². The number of hydrogen-bond donors (Lipinski definition) is 0. The van der Waals surface area contributed by atoms with Gasteiger partial charge in [-0.1, -0.05) is 0 Å². The van der Waals surface area contributed by atoms with Crippen molar-refractivity contribution in [1.82, 2.24) is 0 Å². The Balaban J connectivity index is 0. The smallest absolute Gasteiger partial charge is 0 e. The van der Waals surface area contributed by atoms with Crippen molar-refractivity contribution in [2.75, 3.05) is 0 Å². The maximum Gasteiger partial charge on any atom is 0 e. The fraction of sp³-hybridized carbons (Fsp3) is 0. The average molecular weight is 227 g/mol. The second kappa shape index (κ2) is 17.3. The molecule has 0 N–H and O–H groups in total. The third kappa shape index (κ3) is 8.82. The van der Waals surface area contributed by atoms with E-state index < -0.39 is 0 Å². The molecule has 0 saturated carbocycles. The van der Waals surface area contributed by atoms with Crippen LogP contribution in [0.25, 0.3) is 0 Å². The predicted octanol–water partition coefficient (Wildman–Crippen LogP) is -0.0100. The Kier molecular flexibility index (Phi) is 130. The quantitative estimate of drug-likeness (QED) is 0.510. The van der Waals surface area contributed by atoms with E-state index in [4.69, 9.17) is 0 Å². The molecule has 4 heavy (non-hydrogen) atoms. The first-order valence-electron chi connectivity index (χ1n) is 0. The van der Waals surface area contributed by atoms with Crippen LogP contribution in [-0.2, 0) is 82.4 Å². The fourth-order valence-electron chi connectivity index (χ4n) is 0. The van der Waals surface area contributed by atoms with Crippen LogP contribution in [0.15, 0.2) is 0 Å². The summed E-state index contributed by atoms with van der Waals surface area (Å²) < 4.78 is 0. The molecule has 0 unspecified atom stereocenters. The molecule has 0 aliphatic carbocycles. The van der Waals surface area contributed by atoms with Crippen molar-refractivity contribution in [3.05, 3.63) is 0 Å². The van der Waals surface area contributed by atoms with Gasteiger partial charge in [-0.2, -0.15) is 0 Å². The van der Waals surface area contributed by atoms with E-state index in [1.54, 1.807) is 0 Å². The van der Waals surface area contributed by atoms with Crippen molar-refractivity contribution in [2.24, 2.45) is 0 Å². The molecule has 0 fully saturated rings. The summed E-state index contributed by atoms with van der Waals surface area (Å²) in [6.07, 6.45) is 0. The van der Waals surface area contributed by atoms with Crippen LogP contribution in [0.2, 0.25) is 0 Å². The minimum atomic E-state index is 0. The Morgan fingerprint density at radius 2 is 0.500 bits per heavy atom. The average Bonchev–Trinajstić information content (AvgIpc) is 0. The van der Waals surface area contributed by atoms with Crippen molar-refractivity contribution >= 4 is 0 Å². The van der Waals surface area contributed by atoms with Gasteiger partial charge in [-0.05, 0) is 0 Å². The van der Waals surface area contributed by atoms with Crippen molar-refractivity contribution in [1.29, 1.82) is 0 Å². The van der Waals surface area contributed by atoms with Crippen molar-refractivity contribution in [3.63, 3.8) is 0 Å². The van der Waals surface area contributed by atoms with Crippen LogP contribution in [0.1, 0.15) is 0 Å². The van der Waals surface area contributed by atoms with Gasteiger partial charge in [-0.3, -0.25) is 0 Å². The molecule has 0 radical (unpaired) electrons. The first kappa shape index (κ1) is 30.0. The molecular formula is Ti2Zn2. The molecule has 0 spiro atoms. The summed E-state index contributed by atoms with van der Waals surface area (Å²) in [5, 5.41) is 0. The normalized spacial score (nSPS) is 0. The largest absolute Gasteiger partial charge is 0 e. The Labute approximate surface area is 81.1 Å². The van der Waals surface area contributed by atoms with Gasteiger partial charge in [0, 0.05) is 82.4 Å². The maximum absolute atomic E-state index is 0. The third-order valence-corrected chi connectivity index (χ3v) is 0. The Morgan fingerprint density at radius 1 is 0.500 bits per heavy atom. The van der Waals surface area contributed by atoms with Gasteiger partial charge in [-0.25, -0.2) is 0 Å². The van der Waals surface area contributed by atoms with E-state index >= 15 is 0 Å². The molecule has 0 aromatic rings. The van der Waals surface area contributed by atoms with Crippen LogP contribution < -0.4 is 0 Å². The van der Waals surface area contributed by atoms with E-state index in [1.165, 1.54) is 0 Å². The van der Waals surface area contributed by atoms with Gasteiger partial charge >= 0.3 is 0 Å². The minimum Gasteiger partial charge on any atom is 0 e. The zero-order valence-electron chi connectivity index (χ0n) is 2.41. The van der Waals surface area contributed by atoms with Crippen LogP contribution in [0.5, 0.6) is 0 Å². The second-order valence-electron chi connectivity index (χ2n) is 0. The fourth-order valence-corrected chi connectivity index (χ4v) is 0. The van der Waals surface area contributed by atoms with Crippen molar-refractivity contribution < 1.29 is 82.4 Å². The van der Waals surface area contributed by atoms with Crippen LogP contribution in [0.3, 0.4) is 0 Å². The van der Waals surface area contributed by atoms with E-state index in [1.807, 2.05) is 0 Å². The van der Waals surface area contributed by atoms with Gasteiger partial charge in [0.05, 0.1) is 0 Å². The zero-order chi connectivity index (χ0) is 0. The number of rotatable bonds is 0. The molecule has 0 saturated heterocycles. The van der Waals surface area contributed by atoms with E-state index in [0.29, 0.717) is 0 Å². The SMILES string of the molecule is [Ti].[Ti].[Zn].[Zn]. The zero-order valence-corrected chi connectivity index (χ0v) is 11.5. The molecule has 0 aliphatic heterocycles. The molecule has 0 amide bonds. The van der Waals surface area contributed by atoms with Crippen LogP contribution >= 0.6 is 0 Å². The second-order valence-corrected chi connectivity index (χ2v) is 0.